The summed E-state index contributed by atoms with van der Waals surface area (Å²) in [5.41, 5.74) is 2.66. The van der Waals surface area contributed by atoms with Gasteiger partial charge in [0.1, 0.15) is 5.69 Å². The number of aromatic amines is 1. The zero-order valence-electron chi connectivity index (χ0n) is 19.0. The Bertz CT molecular complexity index is 1650. The maximum absolute atomic E-state index is 12.9. The Kier molecular flexibility index (Phi) is 6.88. The van der Waals surface area contributed by atoms with Gasteiger partial charge in [0.2, 0.25) is 0 Å². The van der Waals surface area contributed by atoms with E-state index in [0.717, 1.165) is 0 Å². The first kappa shape index (κ1) is 24.1. The summed E-state index contributed by atoms with van der Waals surface area (Å²) in [6.45, 7) is 0.143. The number of hydrogen-bond donors (Lipinski definition) is 3. The molecule has 0 bridgehead atoms. The van der Waals surface area contributed by atoms with Crippen LogP contribution >= 0.6 is 22.9 Å². The molecule has 37 heavy (non-hydrogen) atoms. The van der Waals surface area contributed by atoms with Crippen LogP contribution in [0.2, 0.25) is 4.34 Å². The second-order valence-electron chi connectivity index (χ2n) is 7.78. The van der Waals surface area contributed by atoms with Gasteiger partial charge < -0.3 is 15.6 Å². The number of amides is 2. The van der Waals surface area contributed by atoms with E-state index >= 15 is 0 Å². The van der Waals surface area contributed by atoms with Crippen molar-refractivity contribution in [1.82, 2.24) is 30.3 Å². The Labute approximate surface area is 219 Å². The minimum absolute atomic E-state index is 0.143. The summed E-state index contributed by atoms with van der Waals surface area (Å²) >= 11 is 7.09. The molecule has 184 valence electrons. The maximum Gasteiger partial charge on any atom is 0.261 e. The van der Waals surface area contributed by atoms with Crippen LogP contribution in [0.25, 0.3) is 16.8 Å². The molecule has 0 aliphatic heterocycles. The van der Waals surface area contributed by atoms with Crippen molar-refractivity contribution < 1.29 is 9.59 Å². The molecule has 0 radical (unpaired) electrons. The molecule has 4 heterocycles. The predicted molar refractivity (Wildman–Crippen MR) is 140 cm³/mol. The van der Waals surface area contributed by atoms with Gasteiger partial charge in [-0.1, -0.05) is 22.9 Å². The van der Waals surface area contributed by atoms with Gasteiger partial charge in [-0.3, -0.25) is 19.4 Å². The largest absolute Gasteiger partial charge is 0.346 e. The van der Waals surface area contributed by atoms with Crippen LogP contribution in [-0.2, 0) is 6.54 Å². The number of pyridine rings is 2. The fourth-order valence-corrected chi connectivity index (χ4v) is 4.50. The van der Waals surface area contributed by atoms with Crippen LogP contribution in [0.4, 0.5) is 5.69 Å². The second kappa shape index (κ2) is 10.6. The molecule has 5 rings (SSSR count). The monoisotopic (exact) mass is 531 g/mol. The molecule has 0 aliphatic carbocycles. The van der Waals surface area contributed by atoms with Crippen molar-refractivity contribution in [3.8, 4) is 16.8 Å². The fraction of sp³-hybridized carbons (Fsp3) is 0.0400. The average Bonchev–Trinajstić information content (AvgIpc) is 3.57. The molecular formula is C25H18ClN7O3S. The molecule has 10 nitrogen and oxygen atoms in total. The zero-order valence-corrected chi connectivity index (χ0v) is 20.6. The number of H-pyrrole nitrogens is 1. The standard InChI is InChI=1S/C25H18ClN7O3S/c26-22-6-5-21(37-22)25(36)29-13-17-14-33(32-31-17)20-4-3-16(18-2-1-9-28-24(18)35)12-19(20)30-23(34)15-7-10-27-11-8-15/h1-12,14H,13H2,(H,28,35)(H,29,36)(H,30,34). The lowest BCUT2D eigenvalue weighted by atomic mass is 10.1. The van der Waals surface area contributed by atoms with Crippen LogP contribution in [0.5, 0.6) is 0 Å². The molecule has 0 saturated heterocycles. The lowest BCUT2D eigenvalue weighted by Gasteiger charge is -2.13. The molecule has 0 fully saturated rings. The van der Waals surface area contributed by atoms with Crippen LogP contribution in [-0.4, -0.2) is 36.8 Å². The SMILES string of the molecule is O=C(Nc1cc(-c2ccc[nH]c2=O)ccc1-n1cc(CNC(=O)c2ccc(Cl)s2)nn1)c1ccncc1. The summed E-state index contributed by atoms with van der Waals surface area (Å²) < 4.78 is 2.02. The highest BCUT2D eigenvalue weighted by Gasteiger charge is 2.15. The number of carbonyl (C=O) groups excluding carboxylic acids is 2. The van der Waals surface area contributed by atoms with E-state index < -0.39 is 0 Å². The molecule has 0 unspecified atom stereocenters. The van der Waals surface area contributed by atoms with E-state index in [1.54, 1.807) is 67.0 Å². The summed E-state index contributed by atoms with van der Waals surface area (Å²) in [4.78, 5) is 44.7. The van der Waals surface area contributed by atoms with Gasteiger partial charge in [0.15, 0.2) is 0 Å². The van der Waals surface area contributed by atoms with Crippen molar-refractivity contribution in [2.75, 3.05) is 5.32 Å². The van der Waals surface area contributed by atoms with Gasteiger partial charge in [-0.15, -0.1) is 16.4 Å². The fourth-order valence-electron chi connectivity index (χ4n) is 3.54. The first-order valence-corrected chi connectivity index (χ1v) is 12.2. The lowest BCUT2D eigenvalue weighted by molar-refractivity contribution is 0.0953. The highest BCUT2D eigenvalue weighted by Crippen LogP contribution is 2.27. The molecule has 2 amide bonds. The molecule has 0 spiro atoms. The molecule has 4 aromatic heterocycles. The first-order chi connectivity index (χ1) is 18.0. The van der Waals surface area contributed by atoms with E-state index in [1.165, 1.54) is 28.4 Å². The topological polar surface area (TPSA) is 135 Å². The maximum atomic E-state index is 12.9. The van der Waals surface area contributed by atoms with Gasteiger partial charge in [0.05, 0.1) is 33.3 Å². The van der Waals surface area contributed by atoms with E-state index in [9.17, 15) is 14.4 Å². The number of anilines is 1. The molecule has 0 atom stereocenters. The van der Waals surface area contributed by atoms with Gasteiger partial charge in [-0.05, 0) is 54.1 Å². The van der Waals surface area contributed by atoms with Gasteiger partial charge >= 0.3 is 0 Å². The Morgan fingerprint density at radius 3 is 2.65 bits per heavy atom. The molecule has 12 heteroatoms. The normalized spacial score (nSPS) is 10.7. The third-order valence-electron chi connectivity index (χ3n) is 5.33. The third kappa shape index (κ3) is 5.47. The average molecular weight is 532 g/mol. The van der Waals surface area contributed by atoms with Crippen LogP contribution in [0, 0.1) is 0 Å². The van der Waals surface area contributed by atoms with Crippen molar-refractivity contribution in [3.63, 3.8) is 0 Å². The minimum atomic E-state index is -0.356. The number of nitrogens with zero attached hydrogens (tertiary/aromatic N) is 4. The smallest absolute Gasteiger partial charge is 0.261 e. The Morgan fingerprint density at radius 1 is 1.05 bits per heavy atom. The number of hydrogen-bond acceptors (Lipinski definition) is 7. The number of benzene rings is 1. The predicted octanol–water partition coefficient (Wildman–Crippen LogP) is 3.91. The van der Waals surface area contributed by atoms with E-state index in [-0.39, 0.29) is 23.9 Å². The first-order valence-electron chi connectivity index (χ1n) is 11.0. The molecule has 5 aromatic rings. The van der Waals surface area contributed by atoms with Gasteiger partial charge in [0, 0.05) is 29.7 Å². The summed E-state index contributed by atoms with van der Waals surface area (Å²) in [6, 6.07) is 15.1. The van der Waals surface area contributed by atoms with Crippen molar-refractivity contribution in [2.24, 2.45) is 0 Å². The highest BCUT2D eigenvalue weighted by molar-refractivity contribution is 7.18. The van der Waals surface area contributed by atoms with E-state index in [4.69, 9.17) is 11.6 Å². The van der Waals surface area contributed by atoms with Gasteiger partial charge in [-0.25, -0.2) is 4.68 Å². The molecule has 3 N–H and O–H groups in total. The number of nitrogens with one attached hydrogen (secondary N) is 3. The second-order valence-corrected chi connectivity index (χ2v) is 9.49. The zero-order chi connectivity index (χ0) is 25.8. The molecule has 1 aromatic carbocycles. The molecule has 0 saturated carbocycles. The summed E-state index contributed by atoms with van der Waals surface area (Å²) in [5.74, 6) is -0.626. The number of rotatable bonds is 7. The van der Waals surface area contributed by atoms with Crippen molar-refractivity contribution in [2.45, 2.75) is 6.54 Å². The highest BCUT2D eigenvalue weighted by atomic mass is 35.5. The minimum Gasteiger partial charge on any atom is -0.346 e. The van der Waals surface area contributed by atoms with E-state index in [1.807, 2.05) is 0 Å². The Hall–Kier alpha value is -4.61. The summed E-state index contributed by atoms with van der Waals surface area (Å²) in [6.07, 6.45) is 6.25. The van der Waals surface area contributed by atoms with Crippen molar-refractivity contribution in [1.29, 1.82) is 0 Å². The quantitative estimate of drug-likeness (QED) is 0.291. The van der Waals surface area contributed by atoms with Gasteiger partial charge in [-0.2, -0.15) is 0 Å². The molecular weight excluding hydrogens is 514 g/mol. The Morgan fingerprint density at radius 2 is 1.89 bits per heavy atom. The van der Waals surface area contributed by atoms with E-state index in [0.29, 0.717) is 43.0 Å². The lowest BCUT2D eigenvalue weighted by Crippen LogP contribution is -2.21. The van der Waals surface area contributed by atoms with Crippen LogP contribution in [0.15, 0.2) is 84.2 Å². The van der Waals surface area contributed by atoms with Crippen LogP contribution in [0.3, 0.4) is 0 Å². The summed E-state index contributed by atoms with van der Waals surface area (Å²) in [5, 5.41) is 14.0. The van der Waals surface area contributed by atoms with E-state index in [2.05, 4.69) is 30.9 Å². The molecule has 0 aliphatic rings. The number of aromatic nitrogens is 5. The number of halogens is 1. The van der Waals surface area contributed by atoms with Crippen molar-refractivity contribution >= 4 is 40.4 Å². The summed E-state index contributed by atoms with van der Waals surface area (Å²) in [7, 11) is 0. The van der Waals surface area contributed by atoms with Crippen molar-refractivity contribution in [3.05, 3.63) is 110 Å². The third-order valence-corrected chi connectivity index (χ3v) is 6.56. The number of thiophene rings is 1. The number of carbonyl (C=O) groups is 2. The Balaban J connectivity index is 1.44. The van der Waals surface area contributed by atoms with Crippen LogP contribution in [0.1, 0.15) is 25.7 Å². The van der Waals surface area contributed by atoms with Gasteiger partial charge in [0.25, 0.3) is 17.4 Å². The van der Waals surface area contributed by atoms with Crippen LogP contribution < -0.4 is 16.2 Å².